The average molecular weight is 338 g/mol. The summed E-state index contributed by atoms with van der Waals surface area (Å²) in [5, 5.41) is 12.1. The van der Waals surface area contributed by atoms with E-state index in [1.165, 1.54) is 12.3 Å². The Labute approximate surface area is 137 Å². The van der Waals surface area contributed by atoms with Crippen molar-refractivity contribution in [3.05, 3.63) is 53.4 Å². The van der Waals surface area contributed by atoms with Gasteiger partial charge in [0.25, 0.3) is 0 Å². The van der Waals surface area contributed by atoms with E-state index in [0.29, 0.717) is 18.7 Å². The van der Waals surface area contributed by atoms with Crippen LogP contribution in [0.1, 0.15) is 29.9 Å². The van der Waals surface area contributed by atoms with Crippen LogP contribution in [0, 0.1) is 0 Å². The minimum Gasteiger partial charge on any atom is -0.478 e. The molecular weight excluding hydrogens is 321 g/mol. The molecule has 1 aromatic carbocycles. The molecule has 128 valence electrons. The summed E-state index contributed by atoms with van der Waals surface area (Å²) in [6, 6.07) is 3.99. The summed E-state index contributed by atoms with van der Waals surface area (Å²) in [5.74, 6) is -1.87. The number of dihydropyridines is 1. The van der Waals surface area contributed by atoms with E-state index in [1.54, 1.807) is 23.2 Å². The summed E-state index contributed by atoms with van der Waals surface area (Å²) in [4.78, 5) is 13.2. The molecule has 1 saturated heterocycles. The number of anilines is 1. The lowest BCUT2D eigenvalue weighted by atomic mass is 9.87. The van der Waals surface area contributed by atoms with Crippen molar-refractivity contribution < 1.29 is 23.1 Å². The Kier molecular flexibility index (Phi) is 4.26. The Hall–Kier alpha value is -2.44. The third kappa shape index (κ3) is 2.98. The molecule has 0 aliphatic carbocycles. The van der Waals surface area contributed by atoms with Gasteiger partial charge in [0.1, 0.15) is 0 Å². The second-order valence-corrected chi connectivity index (χ2v) is 5.84. The second kappa shape index (κ2) is 6.22. The molecule has 0 bridgehead atoms. The van der Waals surface area contributed by atoms with Crippen molar-refractivity contribution in [3.63, 3.8) is 0 Å². The molecule has 1 fully saturated rings. The van der Waals surface area contributed by atoms with Gasteiger partial charge in [0, 0.05) is 25.2 Å². The molecule has 2 N–H and O–H groups in total. The van der Waals surface area contributed by atoms with Crippen LogP contribution >= 0.6 is 0 Å². The molecule has 2 aliphatic rings. The van der Waals surface area contributed by atoms with E-state index >= 15 is 0 Å². The third-order valence-corrected chi connectivity index (χ3v) is 4.34. The molecule has 2 heterocycles. The summed E-state index contributed by atoms with van der Waals surface area (Å²) < 4.78 is 40.6. The fraction of sp³-hybridized carbons (Fsp3) is 0.353. The third-order valence-electron chi connectivity index (χ3n) is 4.34. The van der Waals surface area contributed by atoms with Gasteiger partial charge in [0.05, 0.1) is 16.8 Å². The summed E-state index contributed by atoms with van der Waals surface area (Å²) in [7, 11) is 0. The molecule has 4 nitrogen and oxygen atoms in total. The zero-order valence-corrected chi connectivity index (χ0v) is 12.8. The first-order valence-electron chi connectivity index (χ1n) is 7.70. The van der Waals surface area contributed by atoms with Crippen molar-refractivity contribution in [2.45, 2.75) is 24.9 Å². The van der Waals surface area contributed by atoms with Crippen LogP contribution in [0.15, 0.2) is 42.2 Å². The monoisotopic (exact) mass is 338 g/mol. The van der Waals surface area contributed by atoms with Crippen LogP contribution in [0.3, 0.4) is 0 Å². The van der Waals surface area contributed by atoms with Crippen molar-refractivity contribution in [1.82, 2.24) is 5.32 Å². The molecule has 0 radical (unpaired) electrons. The van der Waals surface area contributed by atoms with E-state index < -0.39 is 23.6 Å². The van der Waals surface area contributed by atoms with Crippen molar-refractivity contribution in [2.24, 2.45) is 0 Å². The number of rotatable bonds is 3. The highest BCUT2D eigenvalue weighted by atomic mass is 19.4. The molecule has 24 heavy (non-hydrogen) atoms. The van der Waals surface area contributed by atoms with E-state index in [4.69, 9.17) is 0 Å². The number of aliphatic carboxylic acids is 1. The van der Waals surface area contributed by atoms with Crippen LogP contribution in [0.2, 0.25) is 0 Å². The SMILES string of the molecule is O=C(O)C1=CNC=CC1c1cccc(C(F)(F)F)c1N1CCCC1. The number of nitrogens with one attached hydrogen (secondary N) is 1. The first kappa shape index (κ1) is 16.4. The number of carbonyl (C=O) groups is 1. The first-order valence-corrected chi connectivity index (χ1v) is 7.70. The number of hydrogen-bond acceptors (Lipinski definition) is 3. The smallest absolute Gasteiger partial charge is 0.418 e. The second-order valence-electron chi connectivity index (χ2n) is 5.84. The fourth-order valence-electron chi connectivity index (χ4n) is 3.28. The van der Waals surface area contributed by atoms with Crippen LogP contribution < -0.4 is 10.2 Å². The molecular formula is C17H17F3N2O2. The van der Waals surface area contributed by atoms with E-state index in [0.717, 1.165) is 18.9 Å². The number of benzene rings is 1. The van der Waals surface area contributed by atoms with Gasteiger partial charge < -0.3 is 15.3 Å². The first-order chi connectivity index (χ1) is 11.4. The van der Waals surface area contributed by atoms with Crippen molar-refractivity contribution in [3.8, 4) is 0 Å². The molecule has 0 spiro atoms. The maximum atomic E-state index is 13.5. The minimum atomic E-state index is -4.49. The lowest BCUT2D eigenvalue weighted by molar-refractivity contribution is -0.137. The molecule has 1 unspecified atom stereocenters. The van der Waals surface area contributed by atoms with Crippen LogP contribution in [0.5, 0.6) is 0 Å². The highest BCUT2D eigenvalue weighted by Gasteiger charge is 2.38. The lowest BCUT2D eigenvalue weighted by Crippen LogP contribution is -2.26. The Morgan fingerprint density at radius 2 is 1.96 bits per heavy atom. The van der Waals surface area contributed by atoms with Crippen LogP contribution in [0.25, 0.3) is 0 Å². The van der Waals surface area contributed by atoms with Crippen LogP contribution in [-0.4, -0.2) is 24.2 Å². The van der Waals surface area contributed by atoms with E-state index in [2.05, 4.69) is 5.32 Å². The van der Waals surface area contributed by atoms with Gasteiger partial charge in [-0.05, 0) is 30.7 Å². The molecule has 1 aromatic rings. The van der Waals surface area contributed by atoms with Gasteiger partial charge >= 0.3 is 12.1 Å². The van der Waals surface area contributed by atoms with Crippen LogP contribution in [0.4, 0.5) is 18.9 Å². The minimum absolute atomic E-state index is 0.0253. The molecule has 0 saturated carbocycles. The summed E-state index contributed by atoms with van der Waals surface area (Å²) >= 11 is 0. The largest absolute Gasteiger partial charge is 0.478 e. The average Bonchev–Trinajstić information content (AvgIpc) is 3.07. The molecule has 2 aliphatic heterocycles. The number of hydrogen-bond donors (Lipinski definition) is 2. The zero-order valence-electron chi connectivity index (χ0n) is 12.8. The van der Waals surface area contributed by atoms with Crippen molar-refractivity contribution in [1.29, 1.82) is 0 Å². The maximum absolute atomic E-state index is 13.5. The van der Waals surface area contributed by atoms with Gasteiger partial charge in [-0.25, -0.2) is 4.79 Å². The quantitative estimate of drug-likeness (QED) is 0.886. The number of nitrogens with zero attached hydrogens (tertiary/aromatic N) is 1. The Morgan fingerprint density at radius 3 is 2.58 bits per heavy atom. The summed E-state index contributed by atoms with van der Waals surface area (Å²) in [6.45, 7) is 1.09. The molecule has 3 rings (SSSR count). The predicted octanol–water partition coefficient (Wildman–Crippen LogP) is 3.47. The number of para-hydroxylation sites is 1. The molecule has 0 aromatic heterocycles. The Bertz CT molecular complexity index is 704. The number of carboxylic acid groups (broad SMARTS) is 1. The standard InChI is InChI=1S/C17H17F3N2O2/c18-17(19,20)14-5-3-4-12(15(14)22-8-1-2-9-22)11-6-7-21-10-13(11)16(23)24/h3-7,10-11,21H,1-2,8-9H2,(H,23,24). The number of carboxylic acids is 1. The maximum Gasteiger partial charge on any atom is 0.418 e. The number of halogens is 3. The van der Waals surface area contributed by atoms with E-state index in [-0.39, 0.29) is 11.3 Å². The number of allylic oxidation sites excluding steroid dienone is 1. The fourth-order valence-corrected chi connectivity index (χ4v) is 3.28. The highest BCUT2D eigenvalue weighted by Crippen LogP contribution is 2.44. The number of alkyl halides is 3. The molecule has 0 amide bonds. The van der Waals surface area contributed by atoms with E-state index in [1.807, 2.05) is 0 Å². The topological polar surface area (TPSA) is 52.6 Å². The van der Waals surface area contributed by atoms with Crippen molar-refractivity contribution >= 4 is 11.7 Å². The normalized spacial score (nSPS) is 20.7. The predicted molar refractivity (Wildman–Crippen MR) is 83.6 cm³/mol. The van der Waals surface area contributed by atoms with Gasteiger partial charge in [-0.1, -0.05) is 18.2 Å². The van der Waals surface area contributed by atoms with Gasteiger partial charge in [-0.3, -0.25) is 0 Å². The summed E-state index contributed by atoms with van der Waals surface area (Å²) in [5.41, 5.74) is -0.208. The Balaban J connectivity index is 2.17. The van der Waals surface area contributed by atoms with Gasteiger partial charge in [-0.2, -0.15) is 13.2 Å². The molecule has 7 heteroatoms. The molecule has 1 atom stereocenters. The zero-order chi connectivity index (χ0) is 17.3. The Morgan fingerprint density at radius 1 is 1.25 bits per heavy atom. The highest BCUT2D eigenvalue weighted by molar-refractivity contribution is 5.90. The van der Waals surface area contributed by atoms with E-state index in [9.17, 15) is 23.1 Å². The van der Waals surface area contributed by atoms with Gasteiger partial charge in [0.15, 0.2) is 0 Å². The van der Waals surface area contributed by atoms with Gasteiger partial charge in [0.2, 0.25) is 0 Å². The summed E-state index contributed by atoms with van der Waals surface area (Å²) in [6.07, 6.45) is 1.62. The van der Waals surface area contributed by atoms with Gasteiger partial charge in [-0.15, -0.1) is 0 Å². The van der Waals surface area contributed by atoms with Crippen molar-refractivity contribution in [2.75, 3.05) is 18.0 Å². The lowest BCUT2D eigenvalue weighted by Gasteiger charge is -2.29. The van der Waals surface area contributed by atoms with Crippen LogP contribution in [-0.2, 0) is 11.0 Å².